The Balaban J connectivity index is 3.07. The molecule has 0 radical (unpaired) electrons. The van der Waals surface area contributed by atoms with Crippen LogP contribution in [0.2, 0.25) is 0 Å². The summed E-state index contributed by atoms with van der Waals surface area (Å²) in [5.74, 6) is -1.70. The molecule has 10 unspecified atom stereocenters. The molecule has 0 bridgehead atoms. The van der Waals surface area contributed by atoms with Gasteiger partial charge in [-0.25, -0.2) is 0 Å². The van der Waals surface area contributed by atoms with Gasteiger partial charge in [0.25, 0.3) is 0 Å². The predicted octanol–water partition coefficient (Wildman–Crippen LogP) is 4.22. The normalized spacial score (nSPS) is 31.4. The minimum atomic E-state index is -1.43. The van der Waals surface area contributed by atoms with Crippen molar-refractivity contribution < 1.29 is 39.5 Å². The number of carbonyl (C=O) groups is 2. The lowest BCUT2D eigenvalue weighted by molar-refractivity contribution is -0.157. The molecule has 0 aliphatic carbocycles. The minimum Gasteiger partial charge on any atom is -0.457 e. The molecule has 0 saturated heterocycles. The van der Waals surface area contributed by atoms with E-state index in [4.69, 9.17) is 21.1 Å². The number of hydrogen-bond acceptors (Lipinski definition) is 8. The fourth-order valence-corrected chi connectivity index (χ4v) is 5.13. The topological polar surface area (TPSA) is 134 Å². The smallest absolute Gasteiger partial charge is 0.309 e. The van der Waals surface area contributed by atoms with Crippen molar-refractivity contribution in [2.45, 2.75) is 122 Å². The first-order chi connectivity index (χ1) is 18.1. The summed E-state index contributed by atoms with van der Waals surface area (Å²) in [7, 11) is 0. The zero-order valence-electron chi connectivity index (χ0n) is 24.4. The molecule has 39 heavy (non-hydrogen) atoms. The van der Waals surface area contributed by atoms with Gasteiger partial charge in [-0.2, -0.15) is 0 Å². The maximum Gasteiger partial charge on any atom is 0.309 e. The first kappa shape index (κ1) is 35.3. The highest BCUT2D eigenvalue weighted by atomic mass is 35.5. The third kappa shape index (κ3) is 12.1. The van der Waals surface area contributed by atoms with Crippen LogP contribution in [0.25, 0.3) is 0 Å². The molecule has 0 amide bonds. The van der Waals surface area contributed by atoms with E-state index in [1.165, 1.54) is 13.8 Å². The maximum absolute atomic E-state index is 12.6. The van der Waals surface area contributed by atoms with Gasteiger partial charge in [-0.05, 0) is 57.1 Å². The van der Waals surface area contributed by atoms with Crippen molar-refractivity contribution in [2.24, 2.45) is 17.8 Å². The second-order valence-electron chi connectivity index (χ2n) is 11.3. The van der Waals surface area contributed by atoms with Gasteiger partial charge in [0.1, 0.15) is 17.8 Å². The van der Waals surface area contributed by atoms with Crippen LogP contribution in [0, 0.1) is 17.8 Å². The summed E-state index contributed by atoms with van der Waals surface area (Å²) >= 11 is 6.44. The van der Waals surface area contributed by atoms with Gasteiger partial charge in [0, 0.05) is 18.8 Å². The van der Waals surface area contributed by atoms with Crippen molar-refractivity contribution in [1.82, 2.24) is 0 Å². The number of rotatable bonds is 10. The number of hydrogen-bond donors (Lipinski definition) is 4. The largest absolute Gasteiger partial charge is 0.457 e. The summed E-state index contributed by atoms with van der Waals surface area (Å²) < 4.78 is 11.1. The van der Waals surface area contributed by atoms with E-state index in [0.717, 1.165) is 5.57 Å². The molecule has 0 saturated carbocycles. The first-order valence-corrected chi connectivity index (χ1v) is 14.3. The summed E-state index contributed by atoms with van der Waals surface area (Å²) in [6, 6.07) is 0. The van der Waals surface area contributed by atoms with Crippen LogP contribution in [0.4, 0.5) is 0 Å². The molecule has 0 aromatic heterocycles. The molecule has 9 heteroatoms. The van der Waals surface area contributed by atoms with Crippen molar-refractivity contribution in [1.29, 1.82) is 0 Å². The van der Waals surface area contributed by atoms with Crippen molar-refractivity contribution in [3.8, 4) is 0 Å². The van der Waals surface area contributed by atoms with E-state index in [-0.39, 0.29) is 37.0 Å². The van der Waals surface area contributed by atoms with Crippen LogP contribution < -0.4 is 0 Å². The number of carbonyl (C=O) groups excluding carboxylic acids is 2. The fraction of sp³-hybridized carbons (Fsp3) is 0.733. The van der Waals surface area contributed by atoms with Crippen LogP contribution in [0.15, 0.2) is 36.0 Å². The van der Waals surface area contributed by atoms with Crippen LogP contribution in [-0.4, -0.2) is 73.9 Å². The van der Waals surface area contributed by atoms with Gasteiger partial charge in [0.15, 0.2) is 0 Å². The standard InChI is InChI=1S/C30H49ClO8/c1-8-25(34)21(5)28(36)24(31)16-18(2)10-9-11-19(3)29-20(4)12-13-26(38-22(6)32)30(7,37)15-14-23(33)17-27(35)39-29/h9-13,18,20-21,23-26,28-29,33-34,36-37H,8,14-17H2,1-7H3. The highest BCUT2D eigenvalue weighted by Gasteiger charge is 2.35. The monoisotopic (exact) mass is 572 g/mol. The number of aliphatic hydroxyl groups is 4. The fourth-order valence-electron chi connectivity index (χ4n) is 4.62. The minimum absolute atomic E-state index is 0.0372. The Morgan fingerprint density at radius 3 is 2.51 bits per heavy atom. The van der Waals surface area contributed by atoms with Crippen molar-refractivity contribution in [2.75, 3.05) is 0 Å². The second kappa shape index (κ2) is 16.5. The third-order valence-electron chi connectivity index (χ3n) is 7.40. The summed E-state index contributed by atoms with van der Waals surface area (Å²) in [5.41, 5.74) is -0.667. The van der Waals surface area contributed by atoms with Crippen molar-refractivity contribution >= 4 is 23.5 Å². The molecule has 1 aliphatic heterocycles. The number of halogens is 1. The lowest BCUT2D eigenvalue weighted by Gasteiger charge is -2.32. The molecule has 10 atom stereocenters. The van der Waals surface area contributed by atoms with Crippen LogP contribution in [-0.2, 0) is 19.1 Å². The molecule has 1 aliphatic rings. The summed E-state index contributed by atoms with van der Waals surface area (Å²) in [6.07, 6.45) is 6.07. The number of alkyl halides is 1. The lowest BCUT2D eigenvalue weighted by Crippen LogP contribution is -2.42. The molecule has 0 spiro atoms. The van der Waals surface area contributed by atoms with Gasteiger partial charge in [0.2, 0.25) is 0 Å². The van der Waals surface area contributed by atoms with E-state index in [1.54, 1.807) is 19.1 Å². The highest BCUT2D eigenvalue weighted by Crippen LogP contribution is 2.27. The molecule has 1 rings (SSSR count). The Morgan fingerprint density at radius 2 is 1.92 bits per heavy atom. The molecular formula is C30H49ClO8. The lowest BCUT2D eigenvalue weighted by atomic mass is 9.88. The van der Waals surface area contributed by atoms with Gasteiger partial charge in [-0.3, -0.25) is 9.59 Å². The Bertz CT molecular complexity index is 867. The number of aliphatic hydroxyl groups excluding tert-OH is 3. The van der Waals surface area contributed by atoms with Gasteiger partial charge in [0.05, 0.1) is 30.1 Å². The second-order valence-corrected chi connectivity index (χ2v) is 11.8. The molecule has 224 valence electrons. The van der Waals surface area contributed by atoms with E-state index < -0.39 is 53.4 Å². The predicted molar refractivity (Wildman–Crippen MR) is 152 cm³/mol. The Morgan fingerprint density at radius 1 is 1.28 bits per heavy atom. The summed E-state index contributed by atoms with van der Waals surface area (Å²) in [6.45, 7) is 12.1. The zero-order valence-corrected chi connectivity index (χ0v) is 25.2. The van der Waals surface area contributed by atoms with E-state index in [2.05, 4.69) is 0 Å². The SMILES string of the molecule is CCC(O)C(C)C(O)C(Cl)CC(C)C=CC=C(C)C1OC(=O)CC(O)CCC(C)(O)C(OC(C)=O)C=CC1C. The van der Waals surface area contributed by atoms with E-state index >= 15 is 0 Å². The quantitative estimate of drug-likeness (QED) is 0.132. The van der Waals surface area contributed by atoms with Gasteiger partial charge in [-0.1, -0.05) is 52.0 Å². The average Bonchev–Trinajstić information content (AvgIpc) is 2.85. The third-order valence-corrected chi connectivity index (χ3v) is 7.83. The number of esters is 2. The van der Waals surface area contributed by atoms with Crippen molar-refractivity contribution in [3.63, 3.8) is 0 Å². The van der Waals surface area contributed by atoms with Crippen LogP contribution >= 0.6 is 11.6 Å². The van der Waals surface area contributed by atoms with E-state index in [9.17, 15) is 30.0 Å². The summed E-state index contributed by atoms with van der Waals surface area (Å²) in [4.78, 5) is 24.2. The van der Waals surface area contributed by atoms with Crippen LogP contribution in [0.3, 0.4) is 0 Å². The Labute approximate surface area is 238 Å². The van der Waals surface area contributed by atoms with Crippen LogP contribution in [0.1, 0.15) is 80.6 Å². The van der Waals surface area contributed by atoms with E-state index in [0.29, 0.717) is 12.8 Å². The molecule has 0 aromatic rings. The molecule has 8 nitrogen and oxygen atoms in total. The molecular weight excluding hydrogens is 524 g/mol. The zero-order chi connectivity index (χ0) is 29.9. The van der Waals surface area contributed by atoms with E-state index in [1.807, 2.05) is 45.9 Å². The van der Waals surface area contributed by atoms with Crippen LogP contribution in [0.5, 0.6) is 0 Å². The van der Waals surface area contributed by atoms with Gasteiger partial charge < -0.3 is 29.9 Å². The Kier molecular flexibility index (Phi) is 15.0. The van der Waals surface area contributed by atoms with Gasteiger partial charge in [-0.15, -0.1) is 11.6 Å². The number of cyclic esters (lactones) is 1. The Hall–Kier alpha value is -1.71. The number of ether oxygens (including phenoxy) is 2. The molecule has 4 N–H and O–H groups in total. The highest BCUT2D eigenvalue weighted by molar-refractivity contribution is 6.21. The maximum atomic E-state index is 12.6. The molecule has 0 fully saturated rings. The first-order valence-electron chi connectivity index (χ1n) is 13.9. The average molecular weight is 573 g/mol. The van der Waals surface area contributed by atoms with Crippen molar-refractivity contribution in [3.05, 3.63) is 36.0 Å². The number of allylic oxidation sites excluding steroid dienone is 3. The summed E-state index contributed by atoms with van der Waals surface area (Å²) in [5, 5.41) is 41.2. The van der Waals surface area contributed by atoms with Gasteiger partial charge >= 0.3 is 11.9 Å². The molecule has 0 aromatic carbocycles. The molecule has 1 heterocycles.